The van der Waals surface area contributed by atoms with E-state index in [0.29, 0.717) is 55.9 Å². The number of alkyl halides is 3. The zero-order valence-corrected chi connectivity index (χ0v) is 27.2. The van der Waals surface area contributed by atoms with Crippen LogP contribution in [0.25, 0.3) is 4.91 Å². The molecule has 0 spiro atoms. The third-order valence-electron chi connectivity index (χ3n) is 8.53. The summed E-state index contributed by atoms with van der Waals surface area (Å²) in [5.74, 6) is -0.566. The van der Waals surface area contributed by atoms with Crippen molar-refractivity contribution in [3.63, 3.8) is 0 Å². The molecule has 0 saturated carbocycles. The van der Waals surface area contributed by atoms with E-state index in [0.717, 1.165) is 19.8 Å². The van der Waals surface area contributed by atoms with Crippen LogP contribution in [0.4, 0.5) is 19.0 Å². The van der Waals surface area contributed by atoms with Crippen LogP contribution in [-0.2, 0) is 26.0 Å². The lowest BCUT2D eigenvalue weighted by molar-refractivity contribution is -0.172. The Morgan fingerprint density at radius 1 is 1.17 bits per heavy atom. The van der Waals surface area contributed by atoms with Crippen LogP contribution in [0.5, 0.6) is 0 Å². The molecular formula is C32H32F3N5O5S2. The van der Waals surface area contributed by atoms with Gasteiger partial charge in [0.2, 0.25) is 15.9 Å². The van der Waals surface area contributed by atoms with Crippen molar-refractivity contribution in [2.45, 2.75) is 62.7 Å². The Morgan fingerprint density at radius 2 is 1.94 bits per heavy atom. The highest BCUT2D eigenvalue weighted by atomic mass is 32.2. The topological polar surface area (TPSA) is 133 Å². The lowest BCUT2D eigenvalue weighted by Gasteiger charge is -2.36. The smallest absolute Gasteiger partial charge is 0.378 e. The number of benzene rings is 1. The molecule has 2 amide bonds. The van der Waals surface area contributed by atoms with E-state index in [1.165, 1.54) is 17.8 Å². The van der Waals surface area contributed by atoms with Gasteiger partial charge in [-0.15, -0.1) is 5.73 Å². The van der Waals surface area contributed by atoms with Crippen molar-refractivity contribution in [1.82, 2.24) is 14.6 Å². The molecule has 15 heteroatoms. The summed E-state index contributed by atoms with van der Waals surface area (Å²) in [5, 5.41) is 8.95. The average molecular weight is 688 g/mol. The Bertz CT molecular complexity index is 1880. The molecule has 5 heterocycles. The van der Waals surface area contributed by atoms with Gasteiger partial charge in [0.25, 0.3) is 5.91 Å². The molecule has 1 atom stereocenters. The molecule has 0 aliphatic carbocycles. The molecule has 47 heavy (non-hydrogen) atoms. The van der Waals surface area contributed by atoms with Crippen LogP contribution >= 0.6 is 11.8 Å². The summed E-state index contributed by atoms with van der Waals surface area (Å²) >= 11 is 1.18. The van der Waals surface area contributed by atoms with Crippen molar-refractivity contribution in [2.24, 2.45) is 0 Å². The van der Waals surface area contributed by atoms with Crippen LogP contribution in [-0.4, -0.2) is 80.4 Å². The van der Waals surface area contributed by atoms with E-state index < -0.39 is 39.1 Å². The van der Waals surface area contributed by atoms with Gasteiger partial charge < -0.3 is 9.64 Å². The van der Waals surface area contributed by atoms with E-state index in [9.17, 15) is 31.2 Å². The number of amides is 2. The maximum absolute atomic E-state index is 13.7. The van der Waals surface area contributed by atoms with Crippen molar-refractivity contribution >= 4 is 50.0 Å². The van der Waals surface area contributed by atoms with Gasteiger partial charge in [0, 0.05) is 24.4 Å². The van der Waals surface area contributed by atoms with Crippen LogP contribution in [0.1, 0.15) is 60.3 Å². The second-order valence-corrected chi connectivity index (χ2v) is 14.5. The number of carbonyl (C=O) groups excluding carboxylic acids is 2. The number of hydrogen-bond acceptors (Lipinski definition) is 8. The Labute approximate surface area is 274 Å². The minimum Gasteiger partial charge on any atom is -0.378 e. The zero-order chi connectivity index (χ0) is 33.7. The van der Waals surface area contributed by atoms with E-state index in [2.05, 4.69) is 15.4 Å². The zero-order valence-electron chi connectivity index (χ0n) is 25.6. The largest absolute Gasteiger partial charge is 0.408 e. The van der Waals surface area contributed by atoms with Crippen LogP contribution in [0.15, 0.2) is 57.5 Å². The number of piperidine rings is 1. The third kappa shape index (κ3) is 6.55. The summed E-state index contributed by atoms with van der Waals surface area (Å²) in [7, 11) is -4.36. The fraction of sp³-hybridized carbons (Fsp3) is 0.406. The van der Waals surface area contributed by atoms with Gasteiger partial charge in [-0.1, -0.05) is 17.8 Å². The number of ether oxygens (including phenoxy) is 1. The normalized spacial score (nSPS) is 19.8. The molecule has 0 unspecified atom stereocenters. The lowest BCUT2D eigenvalue weighted by Crippen LogP contribution is -2.51. The molecule has 2 aromatic rings. The molecule has 2 N–H and O–H groups in total. The first-order valence-corrected chi connectivity index (χ1v) is 17.4. The number of pyridine rings is 1. The molecule has 248 valence electrons. The molecule has 0 bridgehead atoms. The number of allylic oxidation sites excluding steroid dienone is 2. The van der Waals surface area contributed by atoms with Crippen LogP contribution in [0.3, 0.4) is 0 Å². The van der Waals surface area contributed by atoms with E-state index >= 15 is 0 Å². The molecule has 1 aromatic heterocycles. The predicted molar refractivity (Wildman–Crippen MR) is 171 cm³/mol. The van der Waals surface area contributed by atoms with Gasteiger partial charge in [0.15, 0.2) is 0 Å². The first kappa shape index (κ1) is 33.2. The fourth-order valence-corrected chi connectivity index (χ4v) is 8.27. The highest BCUT2D eigenvalue weighted by Crippen LogP contribution is 2.43. The van der Waals surface area contributed by atoms with Gasteiger partial charge in [-0.3, -0.25) is 19.9 Å². The molecule has 4 aliphatic heterocycles. The first-order valence-electron chi connectivity index (χ1n) is 15.1. The number of rotatable bonds is 8. The summed E-state index contributed by atoms with van der Waals surface area (Å²) in [4.78, 5) is 33.5. The van der Waals surface area contributed by atoms with Gasteiger partial charge in [0.05, 0.1) is 40.3 Å². The number of halogens is 3. The molecule has 1 aromatic carbocycles. The van der Waals surface area contributed by atoms with E-state index in [-0.39, 0.29) is 43.4 Å². The molecule has 0 radical (unpaired) electrons. The van der Waals surface area contributed by atoms with Crippen LogP contribution in [0.2, 0.25) is 0 Å². The molecular weight excluding hydrogens is 656 g/mol. The Hall–Kier alpha value is -3.75. The lowest BCUT2D eigenvalue weighted by atomic mass is 9.94. The van der Waals surface area contributed by atoms with E-state index in [1.54, 1.807) is 42.2 Å². The summed E-state index contributed by atoms with van der Waals surface area (Å²) in [5.41, 5.74) is 4.66. The number of aromatic nitrogens is 1. The second-order valence-electron chi connectivity index (χ2n) is 11.8. The van der Waals surface area contributed by atoms with Gasteiger partial charge in [-0.2, -0.15) is 13.2 Å². The fourth-order valence-electron chi connectivity index (χ4n) is 5.81. The van der Waals surface area contributed by atoms with Gasteiger partial charge in [-0.05, 0) is 80.2 Å². The quantitative estimate of drug-likeness (QED) is 0.301. The number of thioether (sulfide) groups is 1. The molecule has 4 aliphatic rings. The summed E-state index contributed by atoms with van der Waals surface area (Å²) < 4.78 is 76.0. The second kappa shape index (κ2) is 12.7. The third-order valence-corrected chi connectivity index (χ3v) is 11.4. The number of sulfonamides is 1. The monoisotopic (exact) mass is 687 g/mol. The van der Waals surface area contributed by atoms with E-state index in [4.69, 9.17) is 10.1 Å². The SMILES string of the molecule is CC1=C(c2cc3c(c(S(=O)(=O)NC4COC4)c2)C(=O)N([C@@H](C)C(F)(F)F)CC3)SC(C(=N)c2cccc(N3CCCCC3=O)n2)=C=C1. The van der Waals surface area contributed by atoms with Crippen LogP contribution in [0, 0.1) is 5.41 Å². The minimum absolute atomic E-state index is 0.0156. The highest BCUT2D eigenvalue weighted by molar-refractivity contribution is 8.12. The number of carbonyl (C=O) groups is 2. The van der Waals surface area contributed by atoms with Gasteiger partial charge in [-0.25, -0.2) is 18.1 Å². The predicted octanol–water partition coefficient (Wildman–Crippen LogP) is 4.81. The average Bonchev–Trinajstić information content (AvgIpc) is 3.02. The molecule has 10 nitrogen and oxygen atoms in total. The number of hydrogen-bond donors (Lipinski definition) is 2. The van der Waals surface area contributed by atoms with Crippen molar-refractivity contribution < 1.29 is 35.9 Å². The number of anilines is 1. The van der Waals surface area contributed by atoms with E-state index in [1.807, 2.05) is 0 Å². The Balaban J connectivity index is 1.35. The van der Waals surface area contributed by atoms with Crippen molar-refractivity contribution in [3.8, 4) is 0 Å². The van der Waals surface area contributed by atoms with Crippen molar-refractivity contribution in [1.29, 1.82) is 5.41 Å². The first-order chi connectivity index (χ1) is 22.2. The standard InChI is InChI=1S/C32H32F3N5O5S2/c1-18-9-10-24(29(36)23-6-5-7-26(37-23)40-12-4-3-8-27(40)41)46-30(18)21-14-20-11-13-39(19(2)32(33,34)35)31(42)28(20)25(15-21)47(43,44)38-22-16-45-17-22/h5-7,9,14-15,19,22,36,38H,3-4,8,11-13,16-17H2,1-2H3/t19-/m0/s1. The summed E-state index contributed by atoms with van der Waals surface area (Å²) in [6, 6.07) is 5.44. The van der Waals surface area contributed by atoms with Crippen LogP contribution < -0.4 is 9.62 Å². The number of fused-ring (bicyclic) bond motifs is 1. The van der Waals surface area contributed by atoms with Gasteiger partial charge >= 0.3 is 6.18 Å². The maximum Gasteiger partial charge on any atom is 0.408 e. The number of nitrogens with zero attached hydrogens (tertiary/aromatic N) is 3. The van der Waals surface area contributed by atoms with Gasteiger partial charge in [0.1, 0.15) is 17.6 Å². The Kier molecular flexibility index (Phi) is 8.96. The molecule has 2 fully saturated rings. The highest BCUT2D eigenvalue weighted by Gasteiger charge is 2.45. The minimum atomic E-state index is -4.69. The van der Waals surface area contributed by atoms with Crippen molar-refractivity contribution in [2.75, 3.05) is 31.2 Å². The summed E-state index contributed by atoms with van der Waals surface area (Å²) in [6.07, 6.45) is -0.881. The molecule has 6 rings (SSSR count). The summed E-state index contributed by atoms with van der Waals surface area (Å²) in [6.45, 7) is 3.26. The Morgan fingerprint density at radius 3 is 2.62 bits per heavy atom. The van der Waals surface area contributed by atoms with Crippen molar-refractivity contribution in [3.05, 3.63) is 75.0 Å². The number of nitrogens with one attached hydrogen (secondary N) is 2. The maximum atomic E-state index is 13.7. The molecule has 2 saturated heterocycles.